The third kappa shape index (κ3) is 4.94. The van der Waals surface area contributed by atoms with E-state index in [4.69, 9.17) is 0 Å². The van der Waals surface area contributed by atoms with E-state index in [1.54, 1.807) is 5.57 Å². The minimum Gasteiger partial charge on any atom is -0.393 e. The monoisotopic (exact) mass is 386 g/mol. The Hall–Kier alpha value is -0.560. The molecule has 0 spiro atoms. The van der Waals surface area contributed by atoms with Crippen LogP contribution >= 0.6 is 0 Å². The first-order valence-corrected chi connectivity index (χ1v) is 12.4. The molecule has 1 nitrogen and oxygen atoms in total. The van der Waals surface area contributed by atoms with E-state index in [-0.39, 0.29) is 6.10 Å². The molecule has 3 fully saturated rings. The summed E-state index contributed by atoms with van der Waals surface area (Å²) in [5, 5.41) is 10.1. The molecule has 6 atom stereocenters. The van der Waals surface area contributed by atoms with E-state index in [1.807, 2.05) is 0 Å². The number of hydrogen-bond donors (Lipinski definition) is 1. The maximum absolute atomic E-state index is 10.1. The quantitative estimate of drug-likeness (QED) is 0.496. The SMILES string of the molecule is CC(C)CCC[C@@H](C)[C@H]1CC[C@H]2/C(=C/C=C3\C[C@@H](O)CC[C@@H]3C)CCC[C@]12C. The number of rotatable bonds is 6. The normalized spacial score (nSPS) is 40.2. The molecule has 1 N–H and O–H groups in total. The summed E-state index contributed by atoms with van der Waals surface area (Å²) in [6.45, 7) is 12.2. The van der Waals surface area contributed by atoms with Crippen molar-refractivity contribution in [3.05, 3.63) is 23.3 Å². The maximum Gasteiger partial charge on any atom is 0.0577 e. The van der Waals surface area contributed by atoms with Gasteiger partial charge in [0.2, 0.25) is 0 Å². The first-order chi connectivity index (χ1) is 13.3. The first kappa shape index (κ1) is 22.1. The number of fused-ring (bicyclic) bond motifs is 1. The highest BCUT2D eigenvalue weighted by atomic mass is 16.3. The van der Waals surface area contributed by atoms with Gasteiger partial charge in [-0.15, -0.1) is 0 Å². The Bertz CT molecular complexity index is 571. The maximum atomic E-state index is 10.1. The van der Waals surface area contributed by atoms with Gasteiger partial charge >= 0.3 is 0 Å². The lowest BCUT2D eigenvalue weighted by Gasteiger charge is -2.44. The van der Waals surface area contributed by atoms with E-state index in [0.29, 0.717) is 11.3 Å². The Morgan fingerprint density at radius 3 is 2.54 bits per heavy atom. The summed E-state index contributed by atoms with van der Waals surface area (Å²) in [6.07, 6.45) is 19.0. The first-order valence-electron chi connectivity index (χ1n) is 12.4. The van der Waals surface area contributed by atoms with Crippen molar-refractivity contribution in [3.8, 4) is 0 Å². The van der Waals surface area contributed by atoms with E-state index < -0.39 is 0 Å². The molecule has 3 aliphatic carbocycles. The fourth-order valence-corrected chi connectivity index (χ4v) is 6.91. The van der Waals surface area contributed by atoms with E-state index >= 15 is 0 Å². The lowest BCUT2D eigenvalue weighted by atomic mass is 9.60. The predicted molar refractivity (Wildman–Crippen MR) is 121 cm³/mol. The van der Waals surface area contributed by atoms with Crippen LogP contribution in [0.15, 0.2) is 23.3 Å². The molecule has 0 amide bonds. The number of hydrogen-bond acceptors (Lipinski definition) is 1. The molecule has 28 heavy (non-hydrogen) atoms. The molecule has 3 saturated carbocycles. The Balaban J connectivity index is 1.69. The summed E-state index contributed by atoms with van der Waals surface area (Å²) in [5.74, 6) is 4.08. The zero-order valence-electron chi connectivity index (χ0n) is 19.3. The summed E-state index contributed by atoms with van der Waals surface area (Å²) >= 11 is 0. The average Bonchev–Trinajstić information content (AvgIpc) is 2.99. The lowest BCUT2D eigenvalue weighted by Crippen LogP contribution is -2.36. The van der Waals surface area contributed by atoms with Gasteiger partial charge in [0.1, 0.15) is 0 Å². The van der Waals surface area contributed by atoms with Gasteiger partial charge in [-0.25, -0.2) is 0 Å². The van der Waals surface area contributed by atoms with Gasteiger partial charge in [-0.2, -0.15) is 0 Å². The van der Waals surface area contributed by atoms with Gasteiger partial charge in [-0.05, 0) is 86.4 Å². The second kappa shape index (κ2) is 9.50. The number of aliphatic hydroxyl groups is 1. The van der Waals surface area contributed by atoms with Crippen LogP contribution < -0.4 is 0 Å². The third-order valence-corrected chi connectivity index (χ3v) is 8.71. The minimum atomic E-state index is -0.111. The van der Waals surface area contributed by atoms with Crippen LogP contribution in [0.25, 0.3) is 0 Å². The third-order valence-electron chi connectivity index (χ3n) is 8.71. The van der Waals surface area contributed by atoms with Crippen molar-refractivity contribution >= 4 is 0 Å². The molecule has 0 bridgehead atoms. The smallest absolute Gasteiger partial charge is 0.0577 e. The van der Waals surface area contributed by atoms with Gasteiger partial charge in [0, 0.05) is 0 Å². The largest absolute Gasteiger partial charge is 0.393 e. The van der Waals surface area contributed by atoms with Crippen LogP contribution in [0.1, 0.15) is 105 Å². The lowest BCUT2D eigenvalue weighted by molar-refractivity contribution is 0.0928. The van der Waals surface area contributed by atoms with Gasteiger partial charge in [0.15, 0.2) is 0 Å². The van der Waals surface area contributed by atoms with Crippen LogP contribution in [0.5, 0.6) is 0 Å². The summed E-state index contributed by atoms with van der Waals surface area (Å²) in [4.78, 5) is 0. The molecule has 0 unspecified atom stereocenters. The average molecular weight is 387 g/mol. The molecule has 1 heteroatoms. The van der Waals surface area contributed by atoms with E-state index in [9.17, 15) is 5.11 Å². The van der Waals surface area contributed by atoms with Crippen LogP contribution in [-0.2, 0) is 0 Å². The Labute approximate surface area is 175 Å². The summed E-state index contributed by atoms with van der Waals surface area (Å²) in [7, 11) is 0. The highest BCUT2D eigenvalue weighted by Crippen LogP contribution is 2.59. The van der Waals surface area contributed by atoms with Gasteiger partial charge in [0.05, 0.1) is 6.10 Å². The fourth-order valence-electron chi connectivity index (χ4n) is 6.91. The molecule has 0 heterocycles. The van der Waals surface area contributed by atoms with Crippen molar-refractivity contribution in [2.24, 2.45) is 35.0 Å². The van der Waals surface area contributed by atoms with Crippen molar-refractivity contribution in [2.75, 3.05) is 0 Å². The molecule has 0 aromatic rings. The van der Waals surface area contributed by atoms with Crippen molar-refractivity contribution in [1.82, 2.24) is 0 Å². The fraction of sp³-hybridized carbons (Fsp3) is 0.852. The second-order valence-corrected chi connectivity index (χ2v) is 11.2. The van der Waals surface area contributed by atoms with Crippen LogP contribution in [-0.4, -0.2) is 11.2 Å². The van der Waals surface area contributed by atoms with Gasteiger partial charge in [-0.3, -0.25) is 0 Å². The summed E-state index contributed by atoms with van der Waals surface area (Å²) < 4.78 is 0. The molecule has 0 aromatic carbocycles. The van der Waals surface area contributed by atoms with Gasteiger partial charge < -0.3 is 5.11 Å². The Morgan fingerprint density at radius 2 is 1.79 bits per heavy atom. The van der Waals surface area contributed by atoms with Gasteiger partial charge in [0.25, 0.3) is 0 Å². The predicted octanol–water partition coefficient (Wildman–Crippen LogP) is 7.70. The molecule has 0 aromatic heterocycles. The van der Waals surface area contributed by atoms with Crippen molar-refractivity contribution < 1.29 is 5.11 Å². The van der Waals surface area contributed by atoms with Crippen LogP contribution in [0.4, 0.5) is 0 Å². The second-order valence-electron chi connectivity index (χ2n) is 11.2. The van der Waals surface area contributed by atoms with E-state index in [0.717, 1.165) is 42.9 Å². The molecule has 0 radical (unpaired) electrons. The van der Waals surface area contributed by atoms with Crippen LogP contribution in [0, 0.1) is 35.0 Å². The van der Waals surface area contributed by atoms with Crippen molar-refractivity contribution in [3.63, 3.8) is 0 Å². The molecule has 3 aliphatic rings. The summed E-state index contributed by atoms with van der Waals surface area (Å²) in [6, 6.07) is 0. The number of allylic oxidation sites excluding steroid dienone is 3. The standard InChI is InChI=1S/C27H46O/c1-19(2)8-6-9-21(4)25-15-16-26-22(10-7-17-27(25,26)5)12-13-23-18-24(28)14-11-20(23)3/h12-13,19-21,24-26,28H,6-11,14-18H2,1-5H3/b22-12+,23-13+/t20-,21+,24-,25+,26-,27+/m0/s1. The highest BCUT2D eigenvalue weighted by Gasteiger charge is 2.50. The van der Waals surface area contributed by atoms with E-state index in [2.05, 4.69) is 46.8 Å². The zero-order chi connectivity index (χ0) is 20.3. The molecule has 3 rings (SSSR count). The molecular weight excluding hydrogens is 340 g/mol. The summed E-state index contributed by atoms with van der Waals surface area (Å²) in [5.41, 5.74) is 3.73. The minimum absolute atomic E-state index is 0.111. The topological polar surface area (TPSA) is 20.2 Å². The molecule has 0 saturated heterocycles. The van der Waals surface area contributed by atoms with E-state index in [1.165, 1.54) is 56.9 Å². The van der Waals surface area contributed by atoms with Crippen molar-refractivity contribution in [1.29, 1.82) is 0 Å². The zero-order valence-corrected chi connectivity index (χ0v) is 19.3. The molecule has 160 valence electrons. The molecular formula is C27H46O. The van der Waals surface area contributed by atoms with Crippen molar-refractivity contribution in [2.45, 2.75) is 111 Å². The van der Waals surface area contributed by atoms with Crippen LogP contribution in [0.3, 0.4) is 0 Å². The number of aliphatic hydroxyl groups excluding tert-OH is 1. The molecule has 0 aliphatic heterocycles. The highest BCUT2D eigenvalue weighted by molar-refractivity contribution is 5.26. The van der Waals surface area contributed by atoms with Gasteiger partial charge in [-0.1, -0.05) is 77.2 Å². The Kier molecular flexibility index (Phi) is 7.51. The van der Waals surface area contributed by atoms with Crippen LogP contribution in [0.2, 0.25) is 0 Å². The Morgan fingerprint density at radius 1 is 1.04 bits per heavy atom.